The number of hydrogen-bond acceptors (Lipinski definition) is 20. The first-order valence-electron chi connectivity index (χ1n) is 22.8. The zero-order valence-corrected chi connectivity index (χ0v) is 39.2. The molecular formula is C45H53N13O15. The SMILES string of the molecule is CO[C@@]12C(=COC(N)=O)c3c(O)c(NCCCCC(NC(=O)CCC(NC(=O)CCC(NC(=O)c4ccc(NCc5cnc6nc(N)[nH]c(=O)c6n5)cc4)C(=O)O)C(=O)O)C(=O)O)c(C)c(O)c3N1C[C@@H]1N[C@@H]12. The first-order chi connectivity index (χ1) is 34.7. The van der Waals surface area contributed by atoms with Crippen molar-refractivity contribution >= 4 is 81.5 Å². The number of ether oxygens (including phenoxy) is 2. The summed E-state index contributed by atoms with van der Waals surface area (Å²) in [5.41, 5.74) is 11.3. The van der Waals surface area contributed by atoms with E-state index in [0.29, 0.717) is 29.9 Å². The summed E-state index contributed by atoms with van der Waals surface area (Å²) >= 11 is 0. The second-order valence-electron chi connectivity index (χ2n) is 17.3. The Hall–Kier alpha value is -8.79. The lowest BCUT2D eigenvalue weighted by molar-refractivity contribution is -0.143. The van der Waals surface area contributed by atoms with Gasteiger partial charge in [-0.2, -0.15) is 4.98 Å². The van der Waals surface area contributed by atoms with Gasteiger partial charge in [-0.15, -0.1) is 0 Å². The molecule has 2 saturated heterocycles. The van der Waals surface area contributed by atoms with Crippen LogP contribution < -0.4 is 53.8 Å². The van der Waals surface area contributed by atoms with Gasteiger partial charge in [0.05, 0.1) is 47.0 Å². The number of primary amides is 1. The second kappa shape index (κ2) is 21.7. The van der Waals surface area contributed by atoms with Crippen molar-refractivity contribution in [2.75, 3.05) is 41.5 Å². The number of amides is 4. The molecule has 28 nitrogen and oxygen atoms in total. The highest BCUT2D eigenvalue weighted by Gasteiger charge is 2.70. The Morgan fingerprint density at radius 2 is 1.52 bits per heavy atom. The zero-order chi connectivity index (χ0) is 52.9. The van der Waals surface area contributed by atoms with Crippen LogP contribution in [0.5, 0.6) is 11.5 Å². The van der Waals surface area contributed by atoms with Crippen molar-refractivity contribution in [2.45, 2.75) is 94.3 Å². The Morgan fingerprint density at radius 1 is 0.890 bits per heavy atom. The van der Waals surface area contributed by atoms with Crippen LogP contribution in [0.15, 0.2) is 41.5 Å². The molecule has 2 fully saturated rings. The molecule has 3 aliphatic rings. The smallest absolute Gasteiger partial charge is 0.409 e. The predicted octanol–water partition coefficient (Wildman–Crippen LogP) is -0.255. The summed E-state index contributed by atoms with van der Waals surface area (Å²) in [4.78, 5) is 115. The number of carboxylic acid groups (broad SMARTS) is 3. The van der Waals surface area contributed by atoms with Gasteiger partial charge < -0.3 is 83.3 Å². The van der Waals surface area contributed by atoms with Crippen molar-refractivity contribution < 1.29 is 68.6 Å². The zero-order valence-electron chi connectivity index (χ0n) is 39.2. The molecule has 6 atom stereocenters. The fraction of sp³-hybridized carbons (Fsp3) is 0.400. The number of methoxy groups -OCH3 is 1. The number of phenolic OH excluding ortho intramolecular Hbond substituents is 2. The van der Waals surface area contributed by atoms with Gasteiger partial charge in [-0.25, -0.2) is 29.1 Å². The number of unbranched alkanes of at least 4 members (excludes halogenated alkanes) is 1. The van der Waals surface area contributed by atoms with E-state index in [-0.39, 0.29) is 94.7 Å². The van der Waals surface area contributed by atoms with Crippen LogP contribution in [-0.4, -0.2) is 143 Å². The number of piperazine rings is 1. The summed E-state index contributed by atoms with van der Waals surface area (Å²) < 4.78 is 11.0. The third-order valence-corrected chi connectivity index (χ3v) is 12.6. The minimum Gasteiger partial charge on any atom is -0.505 e. The summed E-state index contributed by atoms with van der Waals surface area (Å²) in [5.74, 6) is -7.33. The summed E-state index contributed by atoms with van der Waals surface area (Å²) in [6.07, 6.45) is 0.0146. The topological polar surface area (TPSA) is 448 Å². The Morgan fingerprint density at radius 3 is 2.14 bits per heavy atom. The fourth-order valence-corrected chi connectivity index (χ4v) is 8.91. The summed E-state index contributed by atoms with van der Waals surface area (Å²) in [5, 5.41) is 68.7. The molecular weight excluding hydrogens is 963 g/mol. The Kier molecular flexibility index (Phi) is 15.5. The maximum Gasteiger partial charge on any atom is 0.409 e. The third kappa shape index (κ3) is 11.2. The van der Waals surface area contributed by atoms with E-state index in [1.807, 2.05) is 0 Å². The summed E-state index contributed by atoms with van der Waals surface area (Å²) in [7, 11) is 1.45. The lowest BCUT2D eigenvalue weighted by Crippen LogP contribution is -2.50. The van der Waals surface area contributed by atoms with Gasteiger partial charge in [0.15, 0.2) is 16.9 Å². The van der Waals surface area contributed by atoms with E-state index in [1.54, 1.807) is 11.8 Å². The monoisotopic (exact) mass is 1020 g/mol. The number of nitrogens with two attached hydrogens (primary N) is 2. The van der Waals surface area contributed by atoms with Crippen LogP contribution in [-0.2, 0) is 40.0 Å². The number of fused-ring (bicyclic) bond motifs is 6. The molecule has 388 valence electrons. The van der Waals surface area contributed by atoms with E-state index in [9.17, 15) is 63.9 Å². The molecule has 4 amide bonds. The molecule has 7 rings (SSSR count). The number of hydrogen-bond donors (Lipinski definition) is 14. The van der Waals surface area contributed by atoms with Crippen molar-refractivity contribution in [1.82, 2.24) is 41.2 Å². The number of aromatic hydroxyl groups is 2. The second-order valence-corrected chi connectivity index (χ2v) is 17.3. The number of aromatic amines is 1. The van der Waals surface area contributed by atoms with Crippen LogP contribution in [0.4, 0.5) is 27.8 Å². The number of nitrogen functional groups attached to an aromatic ring is 1. The number of aromatic nitrogens is 4. The Bertz CT molecular complexity index is 2950. The number of rotatable bonds is 24. The first kappa shape index (κ1) is 52.0. The molecule has 28 heteroatoms. The van der Waals surface area contributed by atoms with E-state index < -0.39 is 96.8 Å². The van der Waals surface area contributed by atoms with Crippen molar-refractivity contribution in [3.63, 3.8) is 0 Å². The fourth-order valence-electron chi connectivity index (χ4n) is 8.91. The van der Waals surface area contributed by atoms with Crippen LogP contribution in [0.2, 0.25) is 0 Å². The quantitative estimate of drug-likeness (QED) is 0.0141. The molecule has 0 bridgehead atoms. The van der Waals surface area contributed by atoms with Crippen LogP contribution in [0.25, 0.3) is 16.7 Å². The van der Waals surface area contributed by atoms with Crippen LogP contribution >= 0.6 is 0 Å². The summed E-state index contributed by atoms with van der Waals surface area (Å²) in [6, 6.07) is 1.16. The van der Waals surface area contributed by atoms with Gasteiger partial charge in [-0.1, -0.05) is 0 Å². The van der Waals surface area contributed by atoms with E-state index >= 15 is 0 Å². The molecule has 16 N–H and O–H groups in total. The highest BCUT2D eigenvalue weighted by Crippen LogP contribution is 2.63. The minimum atomic E-state index is -1.61. The lowest BCUT2D eigenvalue weighted by atomic mass is 9.94. The van der Waals surface area contributed by atoms with Crippen molar-refractivity contribution in [3.05, 3.63) is 69.5 Å². The van der Waals surface area contributed by atoms with Crippen LogP contribution in [0.1, 0.15) is 72.1 Å². The van der Waals surface area contributed by atoms with Crippen LogP contribution in [0, 0.1) is 6.92 Å². The summed E-state index contributed by atoms with van der Waals surface area (Å²) in [6.45, 7) is 2.33. The average molecular weight is 1020 g/mol. The molecule has 4 aromatic rings. The number of phenols is 2. The van der Waals surface area contributed by atoms with Crippen molar-refractivity contribution in [2.24, 2.45) is 5.73 Å². The maximum absolute atomic E-state index is 13.0. The van der Waals surface area contributed by atoms with E-state index in [0.717, 1.165) is 6.26 Å². The Balaban J connectivity index is 0.843. The van der Waals surface area contributed by atoms with Gasteiger partial charge >= 0.3 is 24.0 Å². The maximum atomic E-state index is 13.0. The highest BCUT2D eigenvalue weighted by atomic mass is 16.5. The van der Waals surface area contributed by atoms with Gasteiger partial charge in [0.1, 0.15) is 35.9 Å². The standard InChI is InChI=1S/C45H53N13O15/c1-19-31(35(62)30-23(18-73-44(47)71)45(72-2)36-27(54-36)17-58(45)33(30)34(19)61)48-14-4-3-5-24(40(65)66)52-28(59)12-10-25(41(67)68)53-29(60)13-11-26(42(69)70)55-38(63)20-6-8-21(9-7-20)49-15-22-16-50-37-32(51-22)39(64)57-43(46)56-37/h6-9,16,18,24-27,36,48-49,54,61-62H,3-5,10-15,17H2,1-2H3,(H2,47,71)(H,52,59)(H,53,60)(H,55,63)(H,65,66)(H,67,68)(H,69,70)(H3,46,50,56,57,64)/t24?,25?,26?,27-,36-,45+/m0/s1. The number of carbonyl (C=O) groups excluding carboxylic acids is 4. The lowest BCUT2D eigenvalue weighted by Gasteiger charge is -2.35. The molecule has 0 saturated carbocycles. The molecule has 73 heavy (non-hydrogen) atoms. The van der Waals surface area contributed by atoms with E-state index in [1.165, 1.54) is 37.6 Å². The number of nitrogens with zero attached hydrogens (tertiary/aromatic N) is 4. The number of H-pyrrole nitrogens is 1. The average Bonchev–Trinajstić information content (AvgIpc) is 3.96. The highest BCUT2D eigenvalue weighted by molar-refractivity contribution is 6.01. The van der Waals surface area contributed by atoms with Crippen LogP contribution in [0.3, 0.4) is 0 Å². The number of carboxylic acids is 3. The van der Waals surface area contributed by atoms with Gasteiger partial charge in [0, 0.05) is 55.9 Å². The van der Waals surface area contributed by atoms with Gasteiger partial charge in [-0.05, 0) is 63.3 Å². The molecule has 2 aromatic heterocycles. The molecule has 5 heterocycles. The predicted molar refractivity (Wildman–Crippen MR) is 256 cm³/mol. The number of aliphatic carboxylic acids is 3. The number of benzene rings is 2. The minimum absolute atomic E-state index is 0.00405. The normalized spacial score (nSPS) is 18.9. The third-order valence-electron chi connectivity index (χ3n) is 12.6. The number of nitrogens with one attached hydrogen (secondary N) is 7. The van der Waals surface area contributed by atoms with E-state index in [4.69, 9.17) is 20.9 Å². The molecule has 0 aliphatic carbocycles. The molecule has 3 unspecified atom stereocenters. The van der Waals surface area contributed by atoms with Gasteiger partial charge in [-0.3, -0.25) is 24.2 Å². The molecule has 0 spiro atoms. The first-order valence-corrected chi connectivity index (χ1v) is 22.8. The molecule has 3 aliphatic heterocycles. The molecule has 2 aromatic carbocycles. The van der Waals surface area contributed by atoms with Crippen molar-refractivity contribution in [1.29, 1.82) is 0 Å². The van der Waals surface area contributed by atoms with Gasteiger partial charge in [0.2, 0.25) is 17.8 Å². The number of carbonyl (C=O) groups is 7. The molecule has 0 radical (unpaired) electrons. The Labute approximate surface area is 412 Å². The van der Waals surface area contributed by atoms with Crippen molar-refractivity contribution in [3.8, 4) is 11.5 Å². The van der Waals surface area contributed by atoms with Gasteiger partial charge in [0.25, 0.3) is 11.5 Å². The van der Waals surface area contributed by atoms with E-state index in [2.05, 4.69) is 51.8 Å². The largest absolute Gasteiger partial charge is 0.505 e. The number of anilines is 4.